The number of hydrogen-bond donors (Lipinski definition) is 0. The van der Waals surface area contributed by atoms with Crippen molar-refractivity contribution in [1.82, 2.24) is 0 Å². The highest BCUT2D eigenvalue weighted by Crippen LogP contribution is 2.40. The molecule has 0 aliphatic heterocycles. The van der Waals surface area contributed by atoms with Gasteiger partial charge < -0.3 is 0 Å². The summed E-state index contributed by atoms with van der Waals surface area (Å²) in [6, 6.07) is 34.3. The van der Waals surface area contributed by atoms with Gasteiger partial charge in [0.1, 0.15) is 0 Å². The van der Waals surface area contributed by atoms with Crippen molar-refractivity contribution in [3.8, 4) is 0 Å². The van der Waals surface area contributed by atoms with Crippen LogP contribution < -0.4 is 0 Å². The van der Waals surface area contributed by atoms with E-state index in [4.69, 9.17) is 0 Å². The van der Waals surface area contributed by atoms with Crippen LogP contribution in [0.2, 0.25) is 0 Å². The molecular weight excluding hydrogens is 328 g/mol. The molecule has 4 aromatic carbocycles. The molecule has 0 spiro atoms. The molecule has 2 heteroatoms. The highest BCUT2D eigenvalue weighted by Gasteiger charge is 2.08. The number of hydrogen-bond acceptors (Lipinski definition) is 2. The van der Waals surface area contributed by atoms with Gasteiger partial charge in [-0.3, -0.25) is 0 Å². The maximum Gasteiger partial charge on any atom is 0.0262 e. The van der Waals surface area contributed by atoms with Crippen molar-refractivity contribution in [2.45, 2.75) is 19.6 Å². The van der Waals surface area contributed by atoms with E-state index in [-0.39, 0.29) is 0 Å². The molecule has 0 N–H and O–H groups in total. The smallest absolute Gasteiger partial charge is 0.0262 e. The van der Waals surface area contributed by atoms with E-state index in [1.54, 1.807) is 0 Å². The van der Waals surface area contributed by atoms with E-state index < -0.39 is 0 Å². The Hall–Kier alpha value is -2.16. The third-order valence-electron chi connectivity index (χ3n) is 3.79. The molecule has 0 fully saturated rings. The molecular formula is C22H16S2. The zero-order valence-corrected chi connectivity index (χ0v) is 14.7. The van der Waals surface area contributed by atoms with Gasteiger partial charge in [-0.2, -0.15) is 0 Å². The standard InChI is InChI=1S/C22H16S2/c1-2-11-18(12-3-1)23-21-14-6-7-15-22(21)24-20-16-8-10-17-9-4-5-13-19(17)20/h1-16H. The van der Waals surface area contributed by atoms with Crippen LogP contribution in [0.4, 0.5) is 0 Å². The van der Waals surface area contributed by atoms with E-state index in [2.05, 4.69) is 97.1 Å². The largest absolute Gasteiger partial charge is 0.0889 e. The van der Waals surface area contributed by atoms with Crippen LogP contribution in [-0.4, -0.2) is 0 Å². The summed E-state index contributed by atoms with van der Waals surface area (Å²) in [5.74, 6) is 0. The van der Waals surface area contributed by atoms with Crippen molar-refractivity contribution < 1.29 is 0 Å². The molecule has 0 heterocycles. The van der Waals surface area contributed by atoms with E-state index in [0.29, 0.717) is 0 Å². The van der Waals surface area contributed by atoms with Crippen molar-refractivity contribution in [3.63, 3.8) is 0 Å². The average Bonchev–Trinajstić information content (AvgIpc) is 2.64. The fourth-order valence-electron chi connectivity index (χ4n) is 2.64. The summed E-state index contributed by atoms with van der Waals surface area (Å²) in [4.78, 5) is 5.15. The van der Waals surface area contributed by atoms with E-state index in [0.717, 1.165) is 0 Å². The van der Waals surface area contributed by atoms with Crippen molar-refractivity contribution >= 4 is 34.3 Å². The van der Waals surface area contributed by atoms with Gasteiger partial charge in [-0.25, -0.2) is 0 Å². The van der Waals surface area contributed by atoms with Gasteiger partial charge >= 0.3 is 0 Å². The molecule has 0 bridgehead atoms. The number of fused-ring (bicyclic) bond motifs is 1. The van der Waals surface area contributed by atoms with Gasteiger partial charge in [-0.15, -0.1) is 0 Å². The topological polar surface area (TPSA) is 0 Å². The summed E-state index contributed by atoms with van der Waals surface area (Å²) in [5, 5.41) is 2.60. The van der Waals surface area contributed by atoms with Crippen molar-refractivity contribution in [3.05, 3.63) is 97.1 Å². The first-order valence-corrected chi connectivity index (χ1v) is 9.51. The Morgan fingerprint density at radius 3 is 1.83 bits per heavy atom. The minimum atomic E-state index is 1.27. The molecule has 116 valence electrons. The van der Waals surface area contributed by atoms with Crippen LogP contribution in [0, 0.1) is 0 Å². The number of rotatable bonds is 4. The average molecular weight is 345 g/mol. The maximum absolute atomic E-state index is 2.21. The Morgan fingerprint density at radius 1 is 0.417 bits per heavy atom. The summed E-state index contributed by atoms with van der Waals surface area (Å²) >= 11 is 3.66. The fourth-order valence-corrected chi connectivity index (χ4v) is 4.74. The predicted octanol–water partition coefficient (Wildman–Crippen LogP) is 7.14. The second kappa shape index (κ2) is 7.16. The molecule has 0 aliphatic carbocycles. The molecule has 0 amide bonds. The lowest BCUT2D eigenvalue weighted by Gasteiger charge is -2.10. The Balaban J connectivity index is 1.70. The summed E-state index contributed by atoms with van der Waals surface area (Å²) in [7, 11) is 0. The van der Waals surface area contributed by atoms with E-state index in [1.807, 2.05) is 23.5 Å². The van der Waals surface area contributed by atoms with Gasteiger partial charge in [0, 0.05) is 19.6 Å². The Bertz CT molecular complexity index is 956. The molecule has 0 radical (unpaired) electrons. The quantitative estimate of drug-likeness (QED) is 0.386. The van der Waals surface area contributed by atoms with E-state index in [9.17, 15) is 0 Å². The van der Waals surface area contributed by atoms with Crippen LogP contribution in [0.3, 0.4) is 0 Å². The van der Waals surface area contributed by atoms with Crippen LogP contribution in [0.15, 0.2) is 117 Å². The lowest BCUT2D eigenvalue weighted by molar-refractivity contribution is 1.24. The van der Waals surface area contributed by atoms with E-state index in [1.165, 1.54) is 30.4 Å². The lowest BCUT2D eigenvalue weighted by Crippen LogP contribution is -1.81. The highest BCUT2D eigenvalue weighted by atomic mass is 32.2. The Morgan fingerprint density at radius 2 is 1.00 bits per heavy atom. The molecule has 0 saturated carbocycles. The SMILES string of the molecule is c1ccc(Sc2ccccc2Sc2cccc3ccccc23)cc1. The molecule has 4 aromatic rings. The summed E-state index contributed by atoms with van der Waals surface area (Å²) < 4.78 is 0. The van der Waals surface area contributed by atoms with Gasteiger partial charge in [-0.1, -0.05) is 90.3 Å². The van der Waals surface area contributed by atoms with Crippen LogP contribution in [0.1, 0.15) is 0 Å². The summed E-state index contributed by atoms with van der Waals surface area (Å²) in [6.45, 7) is 0. The van der Waals surface area contributed by atoms with Crippen molar-refractivity contribution in [2.75, 3.05) is 0 Å². The fraction of sp³-hybridized carbons (Fsp3) is 0. The second-order valence-electron chi connectivity index (χ2n) is 5.44. The summed E-state index contributed by atoms with van der Waals surface area (Å²) in [6.07, 6.45) is 0. The molecule has 0 aliphatic rings. The Kier molecular flexibility index (Phi) is 4.59. The predicted molar refractivity (Wildman–Crippen MR) is 105 cm³/mol. The van der Waals surface area contributed by atoms with Gasteiger partial charge in [-0.05, 0) is 41.1 Å². The monoisotopic (exact) mass is 344 g/mol. The van der Waals surface area contributed by atoms with Crippen molar-refractivity contribution in [2.24, 2.45) is 0 Å². The first-order valence-electron chi connectivity index (χ1n) is 7.88. The van der Waals surface area contributed by atoms with E-state index >= 15 is 0 Å². The van der Waals surface area contributed by atoms with Crippen molar-refractivity contribution in [1.29, 1.82) is 0 Å². The van der Waals surface area contributed by atoms with Gasteiger partial charge in [0.05, 0.1) is 0 Å². The molecule has 0 saturated heterocycles. The van der Waals surface area contributed by atoms with Gasteiger partial charge in [0.15, 0.2) is 0 Å². The second-order valence-corrected chi connectivity index (χ2v) is 7.64. The Labute approximate surface area is 150 Å². The maximum atomic E-state index is 2.21. The normalized spacial score (nSPS) is 10.8. The third-order valence-corrected chi connectivity index (χ3v) is 6.15. The van der Waals surface area contributed by atoms with Crippen LogP contribution in [0.5, 0.6) is 0 Å². The molecule has 24 heavy (non-hydrogen) atoms. The van der Waals surface area contributed by atoms with Gasteiger partial charge in [0.25, 0.3) is 0 Å². The number of benzene rings is 4. The van der Waals surface area contributed by atoms with Crippen LogP contribution in [-0.2, 0) is 0 Å². The van der Waals surface area contributed by atoms with Crippen LogP contribution >= 0.6 is 23.5 Å². The first kappa shape index (κ1) is 15.4. The minimum Gasteiger partial charge on any atom is -0.0889 e. The molecule has 0 atom stereocenters. The molecule has 0 nitrogen and oxygen atoms in total. The zero-order valence-electron chi connectivity index (χ0n) is 13.1. The minimum absolute atomic E-state index is 1.27. The van der Waals surface area contributed by atoms with Crippen LogP contribution in [0.25, 0.3) is 10.8 Å². The third kappa shape index (κ3) is 3.35. The molecule has 0 aromatic heterocycles. The summed E-state index contributed by atoms with van der Waals surface area (Å²) in [5.41, 5.74) is 0. The molecule has 4 rings (SSSR count). The molecule has 0 unspecified atom stereocenters. The van der Waals surface area contributed by atoms with Gasteiger partial charge in [0.2, 0.25) is 0 Å². The lowest BCUT2D eigenvalue weighted by atomic mass is 10.1. The highest BCUT2D eigenvalue weighted by molar-refractivity contribution is 8.02. The first-order chi connectivity index (χ1) is 11.9. The zero-order chi connectivity index (χ0) is 16.2.